The number of rotatable bonds is 4. The fourth-order valence-electron chi connectivity index (χ4n) is 1.57. The molecular weight excluding hydrogens is 268 g/mol. The highest BCUT2D eigenvalue weighted by atomic mass is 16.6. The molecule has 0 aliphatic heterocycles. The van der Waals surface area contributed by atoms with Gasteiger partial charge in [0.2, 0.25) is 0 Å². The zero-order valence-corrected chi connectivity index (χ0v) is 13.3. The summed E-state index contributed by atoms with van der Waals surface area (Å²) in [7, 11) is 0. The Morgan fingerprint density at radius 1 is 1.29 bits per heavy atom. The summed E-state index contributed by atoms with van der Waals surface area (Å²) in [5.41, 5.74) is 0.472. The maximum absolute atomic E-state index is 12.0. The Bertz CT molecular complexity index is 506. The van der Waals surface area contributed by atoms with Crippen LogP contribution in [0.25, 0.3) is 0 Å². The van der Waals surface area contributed by atoms with Gasteiger partial charge in [-0.05, 0) is 52.3 Å². The molecule has 1 aromatic carbocycles. The van der Waals surface area contributed by atoms with Gasteiger partial charge in [0, 0.05) is 17.3 Å². The van der Waals surface area contributed by atoms with Crippen molar-refractivity contribution in [1.29, 1.82) is 0 Å². The van der Waals surface area contributed by atoms with E-state index in [4.69, 9.17) is 4.74 Å². The Morgan fingerprint density at radius 3 is 2.52 bits per heavy atom. The number of carbonyl (C=O) groups is 2. The van der Waals surface area contributed by atoms with E-state index in [1.807, 2.05) is 13.8 Å². The van der Waals surface area contributed by atoms with Crippen LogP contribution in [0.1, 0.15) is 51.4 Å². The van der Waals surface area contributed by atoms with E-state index in [0.717, 1.165) is 6.42 Å². The molecular formula is C16H24N2O3. The quantitative estimate of drug-likeness (QED) is 0.891. The molecule has 2 N–H and O–H groups in total. The minimum atomic E-state index is -0.560. The van der Waals surface area contributed by atoms with E-state index in [9.17, 15) is 9.59 Å². The monoisotopic (exact) mass is 292 g/mol. The van der Waals surface area contributed by atoms with Gasteiger partial charge in [0.25, 0.3) is 5.91 Å². The molecule has 0 aliphatic carbocycles. The molecule has 5 nitrogen and oxygen atoms in total. The summed E-state index contributed by atoms with van der Waals surface area (Å²) in [4.78, 5) is 23.7. The van der Waals surface area contributed by atoms with Gasteiger partial charge in [0.15, 0.2) is 0 Å². The third kappa shape index (κ3) is 6.29. The fraction of sp³-hybridized carbons (Fsp3) is 0.500. The molecule has 0 radical (unpaired) electrons. The molecule has 116 valence electrons. The maximum atomic E-state index is 12.0. The Hall–Kier alpha value is -2.04. The number of hydrogen-bond donors (Lipinski definition) is 2. The molecule has 0 aromatic heterocycles. The number of benzene rings is 1. The van der Waals surface area contributed by atoms with Crippen molar-refractivity contribution < 1.29 is 14.3 Å². The van der Waals surface area contributed by atoms with Gasteiger partial charge in [-0.2, -0.15) is 0 Å². The van der Waals surface area contributed by atoms with Crippen LogP contribution in [0.15, 0.2) is 24.3 Å². The largest absolute Gasteiger partial charge is 0.444 e. The Morgan fingerprint density at radius 2 is 1.95 bits per heavy atom. The smallest absolute Gasteiger partial charge is 0.412 e. The fourth-order valence-corrected chi connectivity index (χ4v) is 1.57. The van der Waals surface area contributed by atoms with Gasteiger partial charge in [0.05, 0.1) is 0 Å². The highest BCUT2D eigenvalue weighted by Crippen LogP contribution is 2.14. The second kappa shape index (κ2) is 7.11. The second-order valence-electron chi connectivity index (χ2n) is 5.99. The van der Waals surface area contributed by atoms with Crippen molar-refractivity contribution in [3.05, 3.63) is 29.8 Å². The van der Waals surface area contributed by atoms with Crippen LogP contribution in [0.3, 0.4) is 0 Å². The van der Waals surface area contributed by atoms with Gasteiger partial charge >= 0.3 is 6.09 Å². The van der Waals surface area contributed by atoms with Crippen LogP contribution in [0, 0.1) is 0 Å². The lowest BCUT2D eigenvalue weighted by Crippen LogP contribution is -2.32. The SMILES string of the molecule is CCC(C)NC(=O)c1cccc(NC(=O)OC(C)(C)C)c1. The number of anilines is 1. The molecule has 0 heterocycles. The number of carbonyl (C=O) groups excluding carboxylic acids is 2. The zero-order valence-electron chi connectivity index (χ0n) is 13.3. The zero-order chi connectivity index (χ0) is 16.0. The van der Waals surface area contributed by atoms with Crippen molar-refractivity contribution in [2.45, 2.75) is 52.7 Å². The van der Waals surface area contributed by atoms with E-state index in [-0.39, 0.29) is 11.9 Å². The molecule has 1 unspecified atom stereocenters. The van der Waals surface area contributed by atoms with E-state index in [0.29, 0.717) is 11.3 Å². The van der Waals surface area contributed by atoms with Crippen LogP contribution < -0.4 is 10.6 Å². The molecule has 0 saturated heterocycles. The van der Waals surface area contributed by atoms with Gasteiger partial charge in [0.1, 0.15) is 5.60 Å². The Balaban J connectivity index is 2.72. The van der Waals surface area contributed by atoms with E-state index in [1.165, 1.54) is 0 Å². The van der Waals surface area contributed by atoms with Crippen molar-refractivity contribution in [2.75, 3.05) is 5.32 Å². The van der Waals surface area contributed by atoms with Crippen molar-refractivity contribution in [3.8, 4) is 0 Å². The average Bonchev–Trinajstić information content (AvgIpc) is 2.36. The lowest BCUT2D eigenvalue weighted by molar-refractivity contribution is 0.0635. The first kappa shape index (κ1) is 17.0. The highest BCUT2D eigenvalue weighted by molar-refractivity contribution is 5.96. The van der Waals surface area contributed by atoms with Crippen LogP contribution in [-0.4, -0.2) is 23.6 Å². The molecule has 0 saturated carbocycles. The minimum absolute atomic E-state index is 0.111. The first-order valence-corrected chi connectivity index (χ1v) is 7.12. The standard InChI is InChI=1S/C16H24N2O3/c1-6-11(2)17-14(19)12-8-7-9-13(10-12)18-15(20)21-16(3,4)5/h7-11H,6H2,1-5H3,(H,17,19)(H,18,20). The van der Waals surface area contributed by atoms with Crippen molar-refractivity contribution in [2.24, 2.45) is 0 Å². The van der Waals surface area contributed by atoms with Crippen LogP contribution in [0.2, 0.25) is 0 Å². The van der Waals surface area contributed by atoms with Gasteiger partial charge in [-0.15, -0.1) is 0 Å². The summed E-state index contributed by atoms with van der Waals surface area (Å²) in [5, 5.41) is 5.50. The first-order valence-electron chi connectivity index (χ1n) is 7.12. The highest BCUT2D eigenvalue weighted by Gasteiger charge is 2.16. The predicted molar refractivity (Wildman–Crippen MR) is 83.5 cm³/mol. The Kier molecular flexibility index (Phi) is 5.76. The molecule has 0 spiro atoms. The molecule has 5 heteroatoms. The topological polar surface area (TPSA) is 67.4 Å². The number of ether oxygens (including phenoxy) is 1. The van der Waals surface area contributed by atoms with Crippen molar-refractivity contribution >= 4 is 17.7 Å². The third-order valence-corrected chi connectivity index (χ3v) is 2.76. The van der Waals surface area contributed by atoms with Crippen LogP contribution in [-0.2, 0) is 4.74 Å². The normalized spacial score (nSPS) is 12.4. The summed E-state index contributed by atoms with van der Waals surface area (Å²) in [5.74, 6) is -0.155. The van der Waals surface area contributed by atoms with Gasteiger partial charge in [-0.25, -0.2) is 4.79 Å². The maximum Gasteiger partial charge on any atom is 0.412 e. The summed E-state index contributed by atoms with van der Waals surface area (Å²) in [6, 6.07) is 6.88. The van der Waals surface area contributed by atoms with Crippen LogP contribution in [0.5, 0.6) is 0 Å². The summed E-state index contributed by atoms with van der Waals surface area (Å²) in [6.45, 7) is 9.33. The predicted octanol–water partition coefficient (Wildman–Crippen LogP) is 3.56. The van der Waals surface area contributed by atoms with Crippen LogP contribution >= 0.6 is 0 Å². The average molecular weight is 292 g/mol. The molecule has 0 aliphatic rings. The van der Waals surface area contributed by atoms with E-state index in [1.54, 1.807) is 45.0 Å². The van der Waals surface area contributed by atoms with E-state index < -0.39 is 11.7 Å². The lowest BCUT2D eigenvalue weighted by Gasteiger charge is -2.19. The van der Waals surface area contributed by atoms with E-state index >= 15 is 0 Å². The van der Waals surface area contributed by atoms with Crippen molar-refractivity contribution in [1.82, 2.24) is 5.32 Å². The number of nitrogens with one attached hydrogen (secondary N) is 2. The summed E-state index contributed by atoms with van der Waals surface area (Å²) in [6.07, 6.45) is 0.323. The molecule has 1 aromatic rings. The number of amides is 2. The van der Waals surface area contributed by atoms with E-state index in [2.05, 4.69) is 10.6 Å². The summed E-state index contributed by atoms with van der Waals surface area (Å²) >= 11 is 0. The van der Waals surface area contributed by atoms with Gasteiger partial charge < -0.3 is 10.1 Å². The van der Waals surface area contributed by atoms with Gasteiger partial charge in [-0.3, -0.25) is 10.1 Å². The molecule has 1 rings (SSSR count). The van der Waals surface area contributed by atoms with Crippen molar-refractivity contribution in [3.63, 3.8) is 0 Å². The molecule has 21 heavy (non-hydrogen) atoms. The minimum Gasteiger partial charge on any atom is -0.444 e. The van der Waals surface area contributed by atoms with Crippen LogP contribution in [0.4, 0.5) is 10.5 Å². The number of hydrogen-bond acceptors (Lipinski definition) is 3. The lowest BCUT2D eigenvalue weighted by atomic mass is 10.1. The third-order valence-electron chi connectivity index (χ3n) is 2.76. The summed E-state index contributed by atoms with van der Waals surface area (Å²) < 4.78 is 5.17. The van der Waals surface area contributed by atoms with Gasteiger partial charge in [-0.1, -0.05) is 13.0 Å². The molecule has 2 amide bonds. The molecule has 0 fully saturated rings. The molecule has 1 atom stereocenters. The first-order chi connectivity index (χ1) is 9.71. The second-order valence-corrected chi connectivity index (χ2v) is 5.99. The Labute approximate surface area is 126 Å². The molecule has 0 bridgehead atoms.